The van der Waals surface area contributed by atoms with Crippen LogP contribution in [0, 0.1) is 11.6 Å². The molecule has 1 aromatic rings. The second-order valence-electron chi connectivity index (χ2n) is 5.19. The highest BCUT2D eigenvalue weighted by atomic mass is 19.1. The smallest absolute Gasteiger partial charge is 0.130 e. The zero-order valence-corrected chi connectivity index (χ0v) is 11.4. The van der Waals surface area contributed by atoms with Gasteiger partial charge in [-0.15, -0.1) is 0 Å². The molecular formula is C15H22F2N2. The lowest BCUT2D eigenvalue weighted by atomic mass is 10.0. The molecule has 106 valence electrons. The van der Waals surface area contributed by atoms with Crippen LogP contribution in [0.2, 0.25) is 0 Å². The maximum Gasteiger partial charge on any atom is 0.130 e. The molecule has 2 nitrogen and oxygen atoms in total. The maximum atomic E-state index is 13.9. The Morgan fingerprint density at radius 2 is 2.00 bits per heavy atom. The third-order valence-corrected chi connectivity index (χ3v) is 4.10. The largest absolute Gasteiger partial charge is 0.329 e. The number of benzene rings is 1. The molecule has 0 bridgehead atoms. The molecule has 2 rings (SSSR count). The predicted molar refractivity (Wildman–Crippen MR) is 72.8 cm³/mol. The summed E-state index contributed by atoms with van der Waals surface area (Å²) in [7, 11) is 0. The molecule has 4 heteroatoms. The van der Waals surface area contributed by atoms with E-state index in [4.69, 9.17) is 5.73 Å². The molecule has 0 amide bonds. The molecule has 0 aliphatic heterocycles. The Labute approximate surface area is 113 Å². The zero-order chi connectivity index (χ0) is 13.8. The van der Waals surface area contributed by atoms with Gasteiger partial charge in [0.1, 0.15) is 11.6 Å². The summed E-state index contributed by atoms with van der Waals surface area (Å²) in [6, 6.07) is 4.10. The Hall–Kier alpha value is -1.00. The van der Waals surface area contributed by atoms with Gasteiger partial charge in [-0.05, 0) is 25.5 Å². The normalized spacial score (nSPS) is 18.2. The lowest BCUT2D eigenvalue weighted by Gasteiger charge is -2.35. The van der Waals surface area contributed by atoms with Gasteiger partial charge in [-0.3, -0.25) is 4.90 Å². The summed E-state index contributed by atoms with van der Waals surface area (Å²) in [4.78, 5) is 2.27. The van der Waals surface area contributed by atoms with E-state index in [0.717, 1.165) is 25.5 Å². The van der Waals surface area contributed by atoms with Gasteiger partial charge in [0.2, 0.25) is 0 Å². The van der Waals surface area contributed by atoms with Crippen molar-refractivity contribution in [2.75, 3.05) is 13.1 Å². The molecule has 1 fully saturated rings. The van der Waals surface area contributed by atoms with E-state index < -0.39 is 11.6 Å². The van der Waals surface area contributed by atoms with Gasteiger partial charge >= 0.3 is 0 Å². The summed E-state index contributed by atoms with van der Waals surface area (Å²) < 4.78 is 27.0. The number of hydrogen-bond donors (Lipinski definition) is 1. The van der Waals surface area contributed by atoms with E-state index in [-0.39, 0.29) is 6.04 Å². The highest BCUT2D eigenvalue weighted by Crippen LogP contribution is 2.31. The Bertz CT molecular complexity index is 417. The number of halogens is 2. The Balaban J connectivity index is 2.26. The quantitative estimate of drug-likeness (QED) is 0.888. The molecule has 1 aromatic carbocycles. The van der Waals surface area contributed by atoms with Crippen molar-refractivity contribution in [3.63, 3.8) is 0 Å². The standard InChI is InChI=1S/C15H22F2N2/c1-2-19(12-5-3-4-6-12)15(10-18)13-8-7-11(16)9-14(13)17/h7-9,12,15H,2-6,10,18H2,1H3. The summed E-state index contributed by atoms with van der Waals surface area (Å²) in [5, 5.41) is 0. The number of nitrogens with zero attached hydrogens (tertiary/aromatic N) is 1. The average molecular weight is 268 g/mol. The maximum absolute atomic E-state index is 13.9. The minimum atomic E-state index is -0.541. The van der Waals surface area contributed by atoms with E-state index in [2.05, 4.69) is 11.8 Å². The van der Waals surface area contributed by atoms with E-state index in [9.17, 15) is 8.78 Å². The van der Waals surface area contributed by atoms with E-state index in [1.54, 1.807) is 0 Å². The minimum absolute atomic E-state index is 0.159. The topological polar surface area (TPSA) is 29.3 Å². The fourth-order valence-electron chi connectivity index (χ4n) is 3.18. The van der Waals surface area contributed by atoms with Gasteiger partial charge in [-0.2, -0.15) is 0 Å². The molecule has 0 radical (unpaired) electrons. The molecular weight excluding hydrogens is 246 g/mol. The van der Waals surface area contributed by atoms with Crippen LogP contribution in [-0.4, -0.2) is 24.0 Å². The van der Waals surface area contributed by atoms with Crippen LogP contribution in [0.3, 0.4) is 0 Å². The van der Waals surface area contributed by atoms with Crippen molar-refractivity contribution in [2.24, 2.45) is 5.73 Å². The van der Waals surface area contributed by atoms with Crippen molar-refractivity contribution in [3.05, 3.63) is 35.4 Å². The van der Waals surface area contributed by atoms with Gasteiger partial charge in [-0.25, -0.2) is 8.78 Å². The first-order chi connectivity index (χ1) is 9.17. The fourth-order valence-corrected chi connectivity index (χ4v) is 3.18. The SMILES string of the molecule is CCN(C1CCCC1)C(CN)c1ccc(F)cc1F. The summed E-state index contributed by atoms with van der Waals surface area (Å²) >= 11 is 0. The monoisotopic (exact) mass is 268 g/mol. The predicted octanol–water partition coefficient (Wildman–Crippen LogP) is 3.23. The molecule has 19 heavy (non-hydrogen) atoms. The molecule has 0 saturated heterocycles. The number of nitrogens with two attached hydrogens (primary N) is 1. The Morgan fingerprint density at radius 3 is 2.53 bits per heavy atom. The zero-order valence-electron chi connectivity index (χ0n) is 11.4. The van der Waals surface area contributed by atoms with Crippen molar-refractivity contribution in [2.45, 2.75) is 44.7 Å². The van der Waals surface area contributed by atoms with Gasteiger partial charge in [0, 0.05) is 24.2 Å². The van der Waals surface area contributed by atoms with Crippen LogP contribution in [-0.2, 0) is 0 Å². The molecule has 1 aliphatic carbocycles. The molecule has 0 aromatic heterocycles. The Kier molecular flexibility index (Phi) is 4.88. The Morgan fingerprint density at radius 1 is 1.32 bits per heavy atom. The van der Waals surface area contributed by atoms with Gasteiger partial charge < -0.3 is 5.73 Å². The van der Waals surface area contributed by atoms with E-state index >= 15 is 0 Å². The summed E-state index contributed by atoms with van der Waals surface area (Å²) in [5.74, 6) is -1.03. The molecule has 0 heterocycles. The molecule has 0 spiro atoms. The first kappa shape index (κ1) is 14.4. The summed E-state index contributed by atoms with van der Waals surface area (Å²) in [5.41, 5.74) is 6.37. The van der Waals surface area contributed by atoms with E-state index in [1.165, 1.54) is 25.0 Å². The van der Waals surface area contributed by atoms with Crippen LogP contribution in [0.4, 0.5) is 8.78 Å². The average Bonchev–Trinajstić information content (AvgIpc) is 2.90. The third-order valence-electron chi connectivity index (χ3n) is 4.10. The molecule has 1 unspecified atom stereocenters. The van der Waals surface area contributed by atoms with Crippen LogP contribution in [0.1, 0.15) is 44.2 Å². The first-order valence-electron chi connectivity index (χ1n) is 7.08. The molecule has 1 aliphatic rings. The first-order valence-corrected chi connectivity index (χ1v) is 7.08. The van der Waals surface area contributed by atoms with E-state index in [1.807, 2.05) is 0 Å². The number of rotatable bonds is 5. The highest BCUT2D eigenvalue weighted by molar-refractivity contribution is 5.23. The van der Waals surface area contributed by atoms with Crippen LogP contribution in [0.25, 0.3) is 0 Å². The molecule has 1 saturated carbocycles. The van der Waals surface area contributed by atoms with Crippen LogP contribution < -0.4 is 5.73 Å². The lowest BCUT2D eigenvalue weighted by molar-refractivity contribution is 0.144. The van der Waals surface area contributed by atoms with Gasteiger partial charge in [0.15, 0.2) is 0 Å². The molecule has 1 atom stereocenters. The summed E-state index contributed by atoms with van der Waals surface area (Å²) in [6.07, 6.45) is 4.75. The number of hydrogen-bond acceptors (Lipinski definition) is 2. The van der Waals surface area contributed by atoms with Gasteiger partial charge in [0.05, 0.1) is 6.04 Å². The second kappa shape index (κ2) is 6.44. The van der Waals surface area contributed by atoms with E-state index in [0.29, 0.717) is 18.2 Å². The fraction of sp³-hybridized carbons (Fsp3) is 0.600. The van der Waals surface area contributed by atoms with Crippen molar-refractivity contribution >= 4 is 0 Å². The van der Waals surface area contributed by atoms with Gasteiger partial charge in [-0.1, -0.05) is 25.8 Å². The third kappa shape index (κ3) is 3.12. The van der Waals surface area contributed by atoms with Crippen molar-refractivity contribution in [1.29, 1.82) is 0 Å². The van der Waals surface area contributed by atoms with Crippen molar-refractivity contribution < 1.29 is 8.78 Å². The van der Waals surface area contributed by atoms with Crippen LogP contribution >= 0.6 is 0 Å². The highest BCUT2D eigenvalue weighted by Gasteiger charge is 2.29. The number of likely N-dealkylation sites (N-methyl/N-ethyl adjacent to an activating group) is 1. The van der Waals surface area contributed by atoms with Crippen molar-refractivity contribution in [3.8, 4) is 0 Å². The van der Waals surface area contributed by atoms with Crippen molar-refractivity contribution in [1.82, 2.24) is 4.90 Å². The minimum Gasteiger partial charge on any atom is -0.329 e. The van der Waals surface area contributed by atoms with Gasteiger partial charge in [0.25, 0.3) is 0 Å². The lowest BCUT2D eigenvalue weighted by Crippen LogP contribution is -2.40. The summed E-state index contributed by atoms with van der Waals surface area (Å²) in [6.45, 7) is 3.26. The van der Waals surface area contributed by atoms with Crippen LogP contribution in [0.5, 0.6) is 0 Å². The second-order valence-corrected chi connectivity index (χ2v) is 5.19. The van der Waals surface area contributed by atoms with Crippen LogP contribution in [0.15, 0.2) is 18.2 Å². The molecule has 2 N–H and O–H groups in total.